The van der Waals surface area contributed by atoms with Gasteiger partial charge in [-0.25, -0.2) is 4.68 Å². The lowest BCUT2D eigenvalue weighted by Gasteiger charge is -2.07. The van der Waals surface area contributed by atoms with Crippen LogP contribution in [0, 0.1) is 20.8 Å². The summed E-state index contributed by atoms with van der Waals surface area (Å²) < 4.78 is 3.21. The minimum atomic E-state index is -0.354. The number of hydrogen-bond acceptors (Lipinski definition) is 3. The molecule has 0 unspecified atom stereocenters. The fourth-order valence-electron chi connectivity index (χ4n) is 3.20. The summed E-state index contributed by atoms with van der Waals surface area (Å²) in [7, 11) is 1.77. The molecule has 3 aromatic rings. The number of benzene rings is 2. The quantitative estimate of drug-likeness (QED) is 0.651. The summed E-state index contributed by atoms with van der Waals surface area (Å²) in [6.45, 7) is 5.72. The van der Waals surface area contributed by atoms with Gasteiger partial charge >= 0.3 is 0 Å². The van der Waals surface area contributed by atoms with E-state index in [1.807, 2.05) is 56.3 Å². The van der Waals surface area contributed by atoms with Gasteiger partial charge in [0.05, 0.1) is 11.4 Å². The van der Waals surface area contributed by atoms with E-state index in [0.717, 1.165) is 11.1 Å². The molecule has 0 saturated carbocycles. The lowest BCUT2D eigenvalue weighted by molar-refractivity contribution is -0.116. The minimum absolute atomic E-state index is 0.0187. The number of rotatable bonds is 6. The second kappa shape index (κ2) is 8.31. The first-order chi connectivity index (χ1) is 13.8. The third-order valence-corrected chi connectivity index (χ3v) is 5.23. The predicted octanol–water partition coefficient (Wildman–Crippen LogP) is 3.70. The molecule has 1 aromatic heterocycles. The van der Waals surface area contributed by atoms with Gasteiger partial charge in [-0.05, 0) is 50.1 Å². The van der Waals surface area contributed by atoms with Gasteiger partial charge < -0.3 is 5.32 Å². The Balaban J connectivity index is 1.72. The Morgan fingerprint density at radius 1 is 0.931 bits per heavy atom. The van der Waals surface area contributed by atoms with Gasteiger partial charge in [-0.2, -0.15) is 0 Å². The summed E-state index contributed by atoms with van der Waals surface area (Å²) in [5, 5.41) is 2.69. The molecule has 0 aliphatic carbocycles. The number of carbonyl (C=O) groups excluding carboxylic acids is 2. The molecule has 2 aromatic carbocycles. The van der Waals surface area contributed by atoms with Crippen molar-refractivity contribution >= 4 is 17.4 Å². The average molecular weight is 391 g/mol. The van der Waals surface area contributed by atoms with Crippen LogP contribution in [0.3, 0.4) is 0 Å². The summed E-state index contributed by atoms with van der Waals surface area (Å²) >= 11 is 0. The second-order valence-electron chi connectivity index (χ2n) is 7.21. The first kappa shape index (κ1) is 20.3. The van der Waals surface area contributed by atoms with Crippen LogP contribution in [0.25, 0.3) is 5.69 Å². The van der Waals surface area contributed by atoms with Gasteiger partial charge in [0, 0.05) is 25.5 Å². The van der Waals surface area contributed by atoms with E-state index >= 15 is 0 Å². The highest BCUT2D eigenvalue weighted by molar-refractivity contribution is 6.00. The zero-order chi connectivity index (χ0) is 21.1. The van der Waals surface area contributed by atoms with Crippen LogP contribution in [0.1, 0.15) is 40.0 Å². The Kier molecular flexibility index (Phi) is 5.82. The van der Waals surface area contributed by atoms with Crippen molar-refractivity contribution in [2.75, 3.05) is 5.32 Å². The number of ketones is 1. The molecule has 1 amide bonds. The van der Waals surface area contributed by atoms with Crippen molar-refractivity contribution in [2.45, 2.75) is 33.6 Å². The third-order valence-electron chi connectivity index (χ3n) is 5.23. The second-order valence-corrected chi connectivity index (χ2v) is 7.21. The number of para-hydroxylation sites is 1. The lowest BCUT2D eigenvalue weighted by atomic mass is 10.0. The molecule has 3 rings (SSSR count). The van der Waals surface area contributed by atoms with Gasteiger partial charge in [-0.3, -0.25) is 19.1 Å². The fourth-order valence-corrected chi connectivity index (χ4v) is 3.20. The molecule has 1 heterocycles. The van der Waals surface area contributed by atoms with Crippen molar-refractivity contribution in [3.8, 4) is 5.69 Å². The molecule has 0 radical (unpaired) electrons. The number of hydrogen-bond donors (Lipinski definition) is 1. The maximum absolute atomic E-state index is 12.8. The number of amides is 1. The number of carbonyl (C=O) groups is 2. The monoisotopic (exact) mass is 391 g/mol. The molecular formula is C23H25N3O3. The van der Waals surface area contributed by atoms with Crippen LogP contribution >= 0.6 is 0 Å². The Bertz CT molecular complexity index is 1120. The van der Waals surface area contributed by atoms with Crippen LogP contribution in [0.4, 0.5) is 5.69 Å². The summed E-state index contributed by atoms with van der Waals surface area (Å²) in [4.78, 5) is 37.6. The van der Waals surface area contributed by atoms with Crippen molar-refractivity contribution in [3.05, 3.63) is 81.3 Å². The van der Waals surface area contributed by atoms with Crippen LogP contribution in [-0.4, -0.2) is 21.1 Å². The van der Waals surface area contributed by atoms with Crippen LogP contribution in [-0.2, 0) is 11.8 Å². The van der Waals surface area contributed by atoms with Gasteiger partial charge in [0.15, 0.2) is 5.78 Å². The summed E-state index contributed by atoms with van der Waals surface area (Å²) in [5.74, 6) is -0.442. The third kappa shape index (κ3) is 4.21. The Morgan fingerprint density at radius 3 is 2.28 bits per heavy atom. The zero-order valence-electron chi connectivity index (χ0n) is 17.2. The van der Waals surface area contributed by atoms with Crippen molar-refractivity contribution in [1.82, 2.24) is 9.36 Å². The van der Waals surface area contributed by atoms with Crippen LogP contribution in [0.5, 0.6) is 0 Å². The largest absolute Gasteiger partial charge is 0.320 e. The molecule has 1 N–H and O–H groups in total. The Morgan fingerprint density at radius 2 is 1.62 bits per heavy atom. The molecule has 0 saturated heterocycles. The highest BCUT2D eigenvalue weighted by Gasteiger charge is 2.18. The Hall–Kier alpha value is -3.41. The van der Waals surface area contributed by atoms with Crippen LogP contribution < -0.4 is 10.9 Å². The van der Waals surface area contributed by atoms with Gasteiger partial charge in [0.25, 0.3) is 5.56 Å². The van der Waals surface area contributed by atoms with E-state index in [4.69, 9.17) is 0 Å². The normalized spacial score (nSPS) is 10.8. The number of nitrogens with zero attached hydrogens (tertiary/aromatic N) is 2. The van der Waals surface area contributed by atoms with Crippen molar-refractivity contribution < 1.29 is 9.59 Å². The van der Waals surface area contributed by atoms with Gasteiger partial charge in [0.1, 0.15) is 5.69 Å². The molecule has 0 atom stereocenters. The van der Waals surface area contributed by atoms with E-state index in [1.54, 1.807) is 24.7 Å². The lowest BCUT2D eigenvalue weighted by Crippen LogP contribution is -2.23. The van der Waals surface area contributed by atoms with Crippen molar-refractivity contribution in [3.63, 3.8) is 0 Å². The summed E-state index contributed by atoms with van der Waals surface area (Å²) in [6.07, 6.45) is 0.109. The number of aromatic nitrogens is 2. The first-order valence-corrected chi connectivity index (χ1v) is 9.54. The zero-order valence-corrected chi connectivity index (χ0v) is 17.2. The molecular weight excluding hydrogens is 366 g/mol. The smallest absolute Gasteiger partial charge is 0.295 e. The number of aryl methyl sites for hydroxylation is 2. The SMILES string of the molecule is Cc1ccc(C(=O)CCC(=O)Nc2c(C)n(C)n(-c3ccccc3)c2=O)cc1C. The number of Topliss-reactive ketones (excluding diaryl/α,β-unsaturated/α-hetero) is 1. The maximum Gasteiger partial charge on any atom is 0.295 e. The topological polar surface area (TPSA) is 73.1 Å². The highest BCUT2D eigenvalue weighted by Crippen LogP contribution is 2.16. The fraction of sp³-hybridized carbons (Fsp3) is 0.261. The van der Waals surface area contributed by atoms with Gasteiger partial charge in [0.2, 0.25) is 5.91 Å². The molecule has 6 nitrogen and oxygen atoms in total. The predicted molar refractivity (Wildman–Crippen MR) is 114 cm³/mol. The molecule has 0 aliphatic heterocycles. The number of nitrogens with one attached hydrogen (secondary N) is 1. The average Bonchev–Trinajstić information content (AvgIpc) is 2.92. The summed E-state index contributed by atoms with van der Waals surface area (Å²) in [5.41, 5.74) is 4.06. The molecule has 6 heteroatoms. The van der Waals surface area contributed by atoms with E-state index in [2.05, 4.69) is 5.32 Å². The highest BCUT2D eigenvalue weighted by atomic mass is 16.2. The summed E-state index contributed by atoms with van der Waals surface area (Å²) in [6, 6.07) is 14.8. The molecule has 0 bridgehead atoms. The van der Waals surface area contributed by atoms with E-state index < -0.39 is 0 Å². The molecule has 150 valence electrons. The minimum Gasteiger partial charge on any atom is -0.320 e. The maximum atomic E-state index is 12.8. The van der Waals surface area contributed by atoms with Gasteiger partial charge in [-0.15, -0.1) is 0 Å². The first-order valence-electron chi connectivity index (χ1n) is 9.54. The van der Waals surface area contributed by atoms with Crippen molar-refractivity contribution in [1.29, 1.82) is 0 Å². The van der Waals surface area contributed by atoms with E-state index in [0.29, 0.717) is 16.9 Å². The molecule has 0 spiro atoms. The molecule has 29 heavy (non-hydrogen) atoms. The number of anilines is 1. The molecule has 0 fully saturated rings. The van der Waals surface area contributed by atoms with Crippen LogP contribution in [0.2, 0.25) is 0 Å². The Labute approximate surface area is 169 Å². The van der Waals surface area contributed by atoms with Crippen LogP contribution in [0.15, 0.2) is 53.3 Å². The van der Waals surface area contributed by atoms with Crippen molar-refractivity contribution in [2.24, 2.45) is 7.05 Å². The van der Waals surface area contributed by atoms with Gasteiger partial charge in [-0.1, -0.05) is 30.3 Å². The standard InChI is InChI=1S/C23H25N3O3/c1-15-10-11-18(14-16(15)2)20(27)12-13-21(28)24-22-17(3)25(4)26(23(22)29)19-8-6-5-7-9-19/h5-11,14H,12-13H2,1-4H3,(H,24,28). The van der Waals surface area contributed by atoms with E-state index in [-0.39, 0.29) is 35.8 Å². The van der Waals surface area contributed by atoms with E-state index in [9.17, 15) is 14.4 Å². The van der Waals surface area contributed by atoms with E-state index in [1.165, 1.54) is 4.68 Å². The molecule has 0 aliphatic rings.